The Kier molecular flexibility index (Phi) is 3.50. The summed E-state index contributed by atoms with van der Waals surface area (Å²) < 4.78 is 11.3. The number of hydrogen-bond donors (Lipinski definition) is 1. The second-order valence-corrected chi connectivity index (χ2v) is 7.49. The molecule has 0 radical (unpaired) electrons. The number of aryl methyl sites for hydroxylation is 1. The van der Waals surface area contributed by atoms with Gasteiger partial charge in [0.1, 0.15) is 0 Å². The molecular weight excluding hydrogens is 330 g/mol. The number of aromatic nitrogens is 2. The predicted molar refractivity (Wildman–Crippen MR) is 94.9 cm³/mol. The first-order chi connectivity index (χ1) is 12.7. The number of nitrogens with one attached hydrogen (secondary N) is 1. The van der Waals surface area contributed by atoms with Crippen LogP contribution in [-0.2, 0) is 9.53 Å². The van der Waals surface area contributed by atoms with E-state index in [0.717, 1.165) is 11.3 Å². The maximum Gasteiger partial charge on any atom is 0.230 e. The topological polar surface area (TPSA) is 73.3 Å². The zero-order chi connectivity index (χ0) is 17.8. The average Bonchev–Trinajstić information content (AvgIpc) is 3.28. The minimum atomic E-state index is -0.185. The van der Waals surface area contributed by atoms with Crippen molar-refractivity contribution in [2.24, 2.45) is 17.8 Å². The molecule has 2 aliphatic heterocycles. The van der Waals surface area contributed by atoms with Gasteiger partial charge in [0.25, 0.3) is 0 Å². The Morgan fingerprint density at radius 3 is 2.69 bits per heavy atom. The van der Waals surface area contributed by atoms with E-state index in [1.165, 1.54) is 6.42 Å². The van der Waals surface area contributed by atoms with Crippen LogP contribution in [0.1, 0.15) is 23.6 Å². The lowest BCUT2D eigenvalue weighted by molar-refractivity contribution is -0.122. The van der Waals surface area contributed by atoms with Crippen LogP contribution in [0.15, 0.2) is 36.7 Å². The summed E-state index contributed by atoms with van der Waals surface area (Å²) in [5.74, 6) is 1.56. The van der Waals surface area contributed by atoms with Gasteiger partial charge in [-0.25, -0.2) is 4.98 Å². The van der Waals surface area contributed by atoms with Gasteiger partial charge in [-0.1, -0.05) is 6.07 Å². The average molecular weight is 351 g/mol. The van der Waals surface area contributed by atoms with Crippen LogP contribution in [0.25, 0.3) is 0 Å². The van der Waals surface area contributed by atoms with Crippen molar-refractivity contribution in [3.05, 3.63) is 47.9 Å². The van der Waals surface area contributed by atoms with Gasteiger partial charge in [-0.05, 0) is 42.9 Å². The number of amides is 1. The van der Waals surface area contributed by atoms with E-state index in [9.17, 15) is 4.79 Å². The molecule has 2 aromatic heterocycles. The summed E-state index contributed by atoms with van der Waals surface area (Å²) in [6.07, 6.45) is 4.85. The maximum absolute atomic E-state index is 13.1. The normalized spacial score (nSPS) is 33.6. The van der Waals surface area contributed by atoms with E-state index < -0.39 is 0 Å². The number of anilines is 1. The Labute approximate surface area is 151 Å². The van der Waals surface area contributed by atoms with Crippen molar-refractivity contribution in [3.8, 4) is 5.88 Å². The van der Waals surface area contributed by atoms with Gasteiger partial charge in [0.2, 0.25) is 11.8 Å². The highest BCUT2D eigenvalue weighted by Gasteiger charge is 2.68. The molecule has 2 saturated heterocycles. The zero-order valence-corrected chi connectivity index (χ0v) is 14.8. The highest BCUT2D eigenvalue weighted by atomic mass is 16.5. The molecule has 2 bridgehead atoms. The summed E-state index contributed by atoms with van der Waals surface area (Å²) in [4.78, 5) is 21.7. The van der Waals surface area contributed by atoms with Crippen LogP contribution in [0.5, 0.6) is 5.88 Å². The van der Waals surface area contributed by atoms with Crippen molar-refractivity contribution in [2.75, 3.05) is 12.4 Å². The standard InChI is InChI=1S/C20H21N3O3/c1-10-3-4-11(8-21-10)16-17(19-14-7-13(14)18(16)26-19)20(24)23-12-5-6-15(25-2)22-9-12/h3-6,8-9,13-14,16-19H,7H2,1-2H3,(H,23,24)/t13-,14+,16+,17-,18-,19+/m0/s1. The van der Waals surface area contributed by atoms with Gasteiger partial charge >= 0.3 is 0 Å². The van der Waals surface area contributed by atoms with Crippen molar-refractivity contribution < 1.29 is 14.3 Å². The van der Waals surface area contributed by atoms with Gasteiger partial charge < -0.3 is 14.8 Å². The number of ether oxygens (including phenoxy) is 2. The summed E-state index contributed by atoms with van der Waals surface area (Å²) in [5, 5.41) is 3.01. The molecule has 5 rings (SSSR count). The zero-order valence-electron chi connectivity index (χ0n) is 14.8. The Hall–Kier alpha value is -2.47. The van der Waals surface area contributed by atoms with Crippen molar-refractivity contribution in [1.29, 1.82) is 0 Å². The third-order valence-corrected chi connectivity index (χ3v) is 5.98. The molecular formula is C20H21N3O3. The van der Waals surface area contributed by atoms with Crippen molar-refractivity contribution in [3.63, 3.8) is 0 Å². The molecule has 2 aromatic rings. The lowest BCUT2D eigenvalue weighted by Gasteiger charge is -2.27. The molecule has 134 valence electrons. The minimum Gasteiger partial charge on any atom is -0.481 e. The number of hydrogen-bond acceptors (Lipinski definition) is 5. The highest BCUT2D eigenvalue weighted by molar-refractivity contribution is 5.94. The molecule has 1 aliphatic carbocycles. The largest absolute Gasteiger partial charge is 0.481 e. The summed E-state index contributed by atoms with van der Waals surface area (Å²) in [6, 6.07) is 7.64. The van der Waals surface area contributed by atoms with E-state index >= 15 is 0 Å². The number of carbonyl (C=O) groups is 1. The molecule has 1 N–H and O–H groups in total. The van der Waals surface area contributed by atoms with Gasteiger partial charge in [0.05, 0.1) is 37.1 Å². The van der Waals surface area contributed by atoms with Crippen LogP contribution in [0.3, 0.4) is 0 Å². The fraction of sp³-hybridized carbons (Fsp3) is 0.450. The van der Waals surface area contributed by atoms with Crippen molar-refractivity contribution in [1.82, 2.24) is 9.97 Å². The molecule has 4 heterocycles. The molecule has 3 aliphatic rings. The molecule has 26 heavy (non-hydrogen) atoms. The first-order valence-corrected chi connectivity index (χ1v) is 9.04. The fourth-order valence-electron chi connectivity index (χ4n) is 4.67. The molecule has 0 aromatic carbocycles. The van der Waals surface area contributed by atoms with E-state index in [1.807, 2.05) is 19.2 Å². The Morgan fingerprint density at radius 2 is 2.00 bits per heavy atom. The van der Waals surface area contributed by atoms with Crippen LogP contribution < -0.4 is 10.1 Å². The lowest BCUT2D eigenvalue weighted by Crippen LogP contribution is -2.37. The number of carbonyl (C=O) groups excluding carboxylic acids is 1. The van der Waals surface area contributed by atoms with Crippen LogP contribution in [0.2, 0.25) is 0 Å². The number of nitrogens with zero attached hydrogens (tertiary/aromatic N) is 2. The van der Waals surface area contributed by atoms with Gasteiger partial charge in [-0.15, -0.1) is 0 Å². The number of methoxy groups -OCH3 is 1. The third kappa shape index (κ3) is 2.40. The minimum absolute atomic E-state index is 0.000363. The SMILES string of the molecule is COc1ccc(NC(=O)[C@@H]2[C@@H]3O[C@@H]([C@H]4C[C@H]43)[C@@H]2c2ccc(C)nc2)cn1. The van der Waals surface area contributed by atoms with Crippen LogP contribution in [0, 0.1) is 24.7 Å². The summed E-state index contributed by atoms with van der Waals surface area (Å²) >= 11 is 0. The Bertz CT molecular complexity index is 836. The first kappa shape index (κ1) is 15.8. The summed E-state index contributed by atoms with van der Waals surface area (Å²) in [7, 11) is 1.57. The van der Waals surface area contributed by atoms with Gasteiger partial charge in [-0.2, -0.15) is 0 Å². The predicted octanol–water partition coefficient (Wildman–Crippen LogP) is 2.55. The number of pyridine rings is 2. The van der Waals surface area contributed by atoms with Gasteiger partial charge in [0.15, 0.2) is 0 Å². The summed E-state index contributed by atoms with van der Waals surface area (Å²) in [6.45, 7) is 1.97. The molecule has 0 unspecified atom stereocenters. The van der Waals surface area contributed by atoms with Crippen molar-refractivity contribution in [2.45, 2.75) is 31.5 Å². The highest BCUT2D eigenvalue weighted by Crippen LogP contribution is 2.65. The molecule has 6 atom stereocenters. The fourth-order valence-corrected chi connectivity index (χ4v) is 4.67. The molecule has 1 saturated carbocycles. The monoisotopic (exact) mass is 351 g/mol. The smallest absolute Gasteiger partial charge is 0.230 e. The van der Waals surface area contributed by atoms with E-state index in [0.29, 0.717) is 23.4 Å². The molecule has 0 spiro atoms. The van der Waals surface area contributed by atoms with Crippen LogP contribution in [-0.4, -0.2) is 35.2 Å². The Balaban J connectivity index is 1.41. The van der Waals surface area contributed by atoms with E-state index in [2.05, 4.69) is 21.4 Å². The molecule has 6 heteroatoms. The van der Waals surface area contributed by atoms with Crippen LogP contribution >= 0.6 is 0 Å². The second kappa shape index (κ2) is 5.77. The van der Waals surface area contributed by atoms with E-state index in [-0.39, 0.29) is 30.0 Å². The van der Waals surface area contributed by atoms with E-state index in [1.54, 1.807) is 25.4 Å². The third-order valence-electron chi connectivity index (χ3n) is 5.98. The number of rotatable bonds is 4. The van der Waals surface area contributed by atoms with Crippen molar-refractivity contribution >= 4 is 11.6 Å². The molecule has 3 fully saturated rings. The number of fused-ring (bicyclic) bond motifs is 5. The maximum atomic E-state index is 13.1. The molecule has 6 nitrogen and oxygen atoms in total. The van der Waals surface area contributed by atoms with Gasteiger partial charge in [-0.3, -0.25) is 9.78 Å². The lowest BCUT2D eigenvalue weighted by atomic mass is 9.75. The second-order valence-electron chi connectivity index (χ2n) is 7.49. The van der Waals surface area contributed by atoms with Crippen LogP contribution in [0.4, 0.5) is 5.69 Å². The quantitative estimate of drug-likeness (QED) is 0.916. The Morgan fingerprint density at radius 1 is 1.15 bits per heavy atom. The van der Waals surface area contributed by atoms with E-state index in [4.69, 9.17) is 9.47 Å². The summed E-state index contributed by atoms with van der Waals surface area (Å²) in [5.41, 5.74) is 2.75. The molecule has 1 amide bonds. The first-order valence-electron chi connectivity index (χ1n) is 9.04. The van der Waals surface area contributed by atoms with Gasteiger partial charge in [0, 0.05) is 23.9 Å².